The summed E-state index contributed by atoms with van der Waals surface area (Å²) >= 11 is 1.39. The number of urea groups is 1. The molecule has 0 radical (unpaired) electrons. The van der Waals surface area contributed by atoms with Crippen LogP contribution in [0.3, 0.4) is 0 Å². The van der Waals surface area contributed by atoms with Crippen LogP contribution < -0.4 is 15.4 Å². The van der Waals surface area contributed by atoms with E-state index in [1.165, 1.54) is 11.9 Å². The first-order valence-electron chi connectivity index (χ1n) is 7.25. The van der Waals surface area contributed by atoms with Gasteiger partial charge < -0.3 is 15.4 Å². The molecule has 1 aliphatic rings. The van der Waals surface area contributed by atoms with Gasteiger partial charge in [0.25, 0.3) is 0 Å². The molecule has 23 heavy (non-hydrogen) atoms. The molecule has 1 aliphatic heterocycles. The lowest BCUT2D eigenvalue weighted by atomic mass is 10.1. The maximum absolute atomic E-state index is 12.2. The van der Waals surface area contributed by atoms with Gasteiger partial charge in [0.15, 0.2) is 0 Å². The molecule has 0 fully saturated rings. The van der Waals surface area contributed by atoms with E-state index < -0.39 is 0 Å². The summed E-state index contributed by atoms with van der Waals surface area (Å²) in [4.78, 5) is 12.2. The highest BCUT2D eigenvalue weighted by Crippen LogP contribution is 2.33. The first-order valence-corrected chi connectivity index (χ1v) is 8.44. The van der Waals surface area contributed by atoms with Gasteiger partial charge in [-0.1, -0.05) is 24.3 Å². The van der Waals surface area contributed by atoms with E-state index in [-0.39, 0.29) is 6.03 Å². The Kier molecular flexibility index (Phi) is 4.83. The Morgan fingerprint density at radius 1 is 1.26 bits per heavy atom. The van der Waals surface area contributed by atoms with Crippen molar-refractivity contribution >= 4 is 35.6 Å². The molecular weight excluding hydrogens is 310 g/mol. The third kappa shape index (κ3) is 3.84. The lowest BCUT2D eigenvalue weighted by Crippen LogP contribution is -2.19. The van der Waals surface area contributed by atoms with Crippen LogP contribution in [0.4, 0.5) is 16.2 Å². The highest BCUT2D eigenvalue weighted by atomic mass is 32.2. The first-order chi connectivity index (χ1) is 11.3. The third-order valence-electron chi connectivity index (χ3n) is 3.41. The van der Waals surface area contributed by atoms with Crippen LogP contribution in [0.1, 0.15) is 11.1 Å². The monoisotopic (exact) mass is 327 g/mol. The summed E-state index contributed by atoms with van der Waals surface area (Å²) in [5, 5.41) is 5.66. The molecule has 0 spiro atoms. The Balaban J connectivity index is 1.68. The van der Waals surface area contributed by atoms with Crippen LogP contribution >= 0.6 is 11.9 Å². The van der Waals surface area contributed by atoms with Crippen molar-refractivity contribution in [1.29, 1.82) is 0 Å². The predicted molar refractivity (Wildman–Crippen MR) is 95.8 cm³/mol. The van der Waals surface area contributed by atoms with Crippen LogP contribution in [-0.2, 0) is 6.42 Å². The molecule has 0 aromatic heterocycles. The second-order valence-electron chi connectivity index (χ2n) is 5.01. The molecule has 0 bridgehead atoms. The van der Waals surface area contributed by atoms with Crippen molar-refractivity contribution < 1.29 is 9.53 Å². The van der Waals surface area contributed by atoms with Crippen molar-refractivity contribution in [3.8, 4) is 5.75 Å². The van der Waals surface area contributed by atoms with Gasteiger partial charge in [-0.2, -0.15) is 0 Å². The van der Waals surface area contributed by atoms with Gasteiger partial charge in [-0.15, -0.1) is 0 Å². The maximum Gasteiger partial charge on any atom is 0.323 e. The Labute approximate surface area is 139 Å². The molecule has 3 rings (SSSR count). The van der Waals surface area contributed by atoms with Crippen molar-refractivity contribution in [1.82, 2.24) is 0 Å². The molecule has 0 saturated heterocycles. The van der Waals surface area contributed by atoms with E-state index >= 15 is 0 Å². The van der Waals surface area contributed by atoms with Crippen LogP contribution in [0.5, 0.6) is 5.75 Å². The van der Waals surface area contributed by atoms with E-state index in [2.05, 4.69) is 15.0 Å². The van der Waals surface area contributed by atoms with Gasteiger partial charge in [-0.3, -0.25) is 0 Å². The number of nitrogens with zero attached hydrogens (tertiary/aromatic N) is 1. The number of hydrogen-bond donors (Lipinski definition) is 2. The fourth-order valence-corrected chi connectivity index (χ4v) is 2.64. The highest BCUT2D eigenvalue weighted by molar-refractivity contribution is 7.97. The molecule has 118 valence electrons. The number of amides is 2. The Morgan fingerprint density at radius 3 is 3.00 bits per heavy atom. The minimum atomic E-state index is -0.298. The maximum atomic E-state index is 12.2. The Hall–Kier alpha value is -2.47. The van der Waals surface area contributed by atoms with Crippen LogP contribution in [0.15, 0.2) is 46.9 Å². The fourth-order valence-electron chi connectivity index (χ4n) is 2.41. The van der Waals surface area contributed by atoms with Crippen molar-refractivity contribution in [3.05, 3.63) is 53.6 Å². The second-order valence-corrected chi connectivity index (χ2v) is 5.59. The third-order valence-corrected chi connectivity index (χ3v) is 3.73. The SMILES string of the molecule is CSN=Cc1cccc(NC(=O)Nc2cccc3c2OCC3)c1. The summed E-state index contributed by atoms with van der Waals surface area (Å²) in [6.45, 7) is 0.659. The number of anilines is 2. The molecule has 5 nitrogen and oxygen atoms in total. The molecule has 0 saturated carbocycles. The molecule has 1 heterocycles. The number of nitrogens with one attached hydrogen (secondary N) is 2. The highest BCUT2D eigenvalue weighted by Gasteiger charge is 2.17. The lowest BCUT2D eigenvalue weighted by molar-refractivity contribution is 0.262. The Morgan fingerprint density at radius 2 is 2.13 bits per heavy atom. The number of carbonyl (C=O) groups excluding carboxylic acids is 1. The molecule has 2 aromatic carbocycles. The van der Waals surface area contributed by atoms with Crippen molar-refractivity contribution in [3.63, 3.8) is 0 Å². The van der Waals surface area contributed by atoms with Gasteiger partial charge in [-0.25, -0.2) is 9.19 Å². The molecule has 2 aromatic rings. The normalized spacial score (nSPS) is 12.7. The number of carbonyl (C=O) groups is 1. The summed E-state index contributed by atoms with van der Waals surface area (Å²) in [7, 11) is 0. The summed E-state index contributed by atoms with van der Waals surface area (Å²) in [6.07, 6.45) is 4.53. The number of ether oxygens (including phenoxy) is 1. The number of rotatable bonds is 4. The van der Waals surface area contributed by atoms with E-state index in [1.807, 2.05) is 48.7 Å². The van der Waals surface area contributed by atoms with Gasteiger partial charge >= 0.3 is 6.03 Å². The minimum Gasteiger partial charge on any atom is -0.491 e. The summed E-state index contributed by atoms with van der Waals surface area (Å²) in [5.41, 5.74) is 3.46. The predicted octanol–water partition coefficient (Wildman–Crippen LogP) is 3.96. The summed E-state index contributed by atoms with van der Waals surface area (Å²) < 4.78 is 9.70. The lowest BCUT2D eigenvalue weighted by Gasteiger charge is -2.11. The van der Waals surface area contributed by atoms with Crippen molar-refractivity contribution in [2.24, 2.45) is 4.40 Å². The van der Waals surface area contributed by atoms with Gasteiger partial charge in [0.1, 0.15) is 5.75 Å². The standard InChI is InChI=1S/C17H17N3O2S/c1-23-18-11-12-4-2-6-14(10-12)19-17(21)20-15-7-3-5-13-8-9-22-16(13)15/h2-7,10-11H,8-9H2,1H3,(H2,19,20,21). The largest absolute Gasteiger partial charge is 0.491 e. The summed E-state index contributed by atoms with van der Waals surface area (Å²) in [6, 6.07) is 13.0. The zero-order valence-corrected chi connectivity index (χ0v) is 13.5. The molecule has 0 atom stereocenters. The minimum absolute atomic E-state index is 0.298. The average molecular weight is 327 g/mol. The molecule has 2 N–H and O–H groups in total. The van der Waals surface area contributed by atoms with Crippen molar-refractivity contribution in [2.75, 3.05) is 23.5 Å². The number of hydrogen-bond acceptors (Lipinski definition) is 4. The molecular formula is C17H17N3O2S. The topological polar surface area (TPSA) is 62.7 Å². The second kappa shape index (κ2) is 7.19. The smallest absolute Gasteiger partial charge is 0.323 e. The van der Waals surface area contributed by atoms with E-state index in [0.717, 1.165) is 23.3 Å². The fraction of sp³-hybridized carbons (Fsp3) is 0.176. The zero-order valence-electron chi connectivity index (χ0n) is 12.7. The van der Waals surface area contributed by atoms with E-state index in [4.69, 9.17) is 4.74 Å². The number of fused-ring (bicyclic) bond motifs is 1. The van der Waals surface area contributed by atoms with Gasteiger partial charge in [0.05, 0.1) is 12.3 Å². The van der Waals surface area contributed by atoms with E-state index in [9.17, 15) is 4.79 Å². The average Bonchev–Trinajstić information content (AvgIpc) is 3.03. The van der Waals surface area contributed by atoms with Crippen LogP contribution in [0.2, 0.25) is 0 Å². The van der Waals surface area contributed by atoms with E-state index in [0.29, 0.717) is 18.0 Å². The van der Waals surface area contributed by atoms with Gasteiger partial charge in [0.2, 0.25) is 0 Å². The zero-order chi connectivity index (χ0) is 16.1. The first kappa shape index (κ1) is 15.4. The molecule has 6 heteroatoms. The Bertz CT molecular complexity index is 746. The van der Waals surface area contributed by atoms with Crippen LogP contribution in [0.25, 0.3) is 0 Å². The van der Waals surface area contributed by atoms with Crippen LogP contribution in [0, 0.1) is 0 Å². The molecule has 2 amide bonds. The van der Waals surface area contributed by atoms with E-state index in [1.54, 1.807) is 6.21 Å². The quantitative estimate of drug-likeness (QED) is 0.660. The van der Waals surface area contributed by atoms with Crippen molar-refractivity contribution in [2.45, 2.75) is 6.42 Å². The number of para-hydroxylation sites is 1. The molecule has 0 unspecified atom stereocenters. The van der Waals surface area contributed by atoms with Gasteiger partial charge in [0, 0.05) is 24.6 Å². The molecule has 0 aliphatic carbocycles. The van der Waals surface area contributed by atoms with Gasteiger partial charge in [-0.05, 0) is 41.3 Å². The summed E-state index contributed by atoms with van der Waals surface area (Å²) in [5.74, 6) is 0.767. The van der Waals surface area contributed by atoms with Crippen LogP contribution in [-0.4, -0.2) is 25.1 Å². The number of benzene rings is 2.